The highest BCUT2D eigenvalue weighted by molar-refractivity contribution is 7.18. The summed E-state index contributed by atoms with van der Waals surface area (Å²) in [5, 5.41) is 12.7. The van der Waals surface area contributed by atoms with Crippen molar-refractivity contribution in [2.24, 2.45) is 0 Å². The highest BCUT2D eigenvalue weighted by Crippen LogP contribution is 2.33. The molecule has 25 heavy (non-hydrogen) atoms. The molecule has 0 aliphatic carbocycles. The monoisotopic (exact) mass is 358 g/mol. The molecule has 0 aliphatic rings. The zero-order valence-electron chi connectivity index (χ0n) is 14.1. The van der Waals surface area contributed by atoms with Gasteiger partial charge in [-0.05, 0) is 37.3 Å². The molecular weight excluding hydrogens is 340 g/mol. The summed E-state index contributed by atoms with van der Waals surface area (Å²) in [5.41, 5.74) is 2.60. The summed E-state index contributed by atoms with van der Waals surface area (Å²) in [6.07, 6.45) is 0. The highest BCUT2D eigenvalue weighted by Gasteiger charge is 2.17. The van der Waals surface area contributed by atoms with Gasteiger partial charge in [0.15, 0.2) is 11.5 Å². The number of methoxy groups -OCH3 is 2. The molecule has 0 aliphatic heterocycles. The summed E-state index contributed by atoms with van der Waals surface area (Å²) in [5.74, 6) is 0.880. The third kappa shape index (κ3) is 3.29. The van der Waals surface area contributed by atoms with Gasteiger partial charge in [0.1, 0.15) is 5.01 Å². The topological polar surface area (TPSA) is 80.7 Å². The number of hydrogen-bond donors (Lipinski definition) is 2. The zero-order chi connectivity index (χ0) is 18.0. The number of nitrogens with one attached hydrogen (secondary N) is 1. The minimum atomic E-state index is -0.240. The summed E-state index contributed by atoms with van der Waals surface area (Å²) < 4.78 is 11.6. The molecule has 1 heterocycles. The van der Waals surface area contributed by atoms with Gasteiger partial charge in [0.25, 0.3) is 5.91 Å². The van der Waals surface area contributed by atoms with Crippen molar-refractivity contribution in [3.05, 3.63) is 46.5 Å². The van der Waals surface area contributed by atoms with Crippen molar-refractivity contribution in [3.63, 3.8) is 0 Å². The minimum absolute atomic E-state index is 0.0914. The first-order chi connectivity index (χ1) is 12.1. The Kier molecular flexibility index (Phi) is 4.87. The lowest BCUT2D eigenvalue weighted by atomic mass is 10.1. The van der Waals surface area contributed by atoms with Crippen LogP contribution in [0.4, 0.5) is 5.69 Å². The predicted molar refractivity (Wildman–Crippen MR) is 97.8 cm³/mol. The number of fused-ring (bicyclic) bond motifs is 1. The Hall–Kier alpha value is -2.64. The number of aliphatic hydroxyl groups is 1. The van der Waals surface area contributed by atoms with E-state index in [0.717, 1.165) is 10.2 Å². The first-order valence-corrected chi connectivity index (χ1v) is 8.42. The quantitative estimate of drug-likeness (QED) is 0.731. The second kappa shape index (κ2) is 7.08. The zero-order valence-corrected chi connectivity index (χ0v) is 14.9. The Morgan fingerprint density at radius 3 is 2.72 bits per heavy atom. The fourth-order valence-corrected chi connectivity index (χ4v) is 3.45. The first-order valence-electron chi connectivity index (χ1n) is 7.60. The molecule has 1 amide bonds. The van der Waals surface area contributed by atoms with Crippen LogP contribution in [-0.4, -0.2) is 30.2 Å². The molecule has 6 nitrogen and oxygen atoms in total. The summed E-state index contributed by atoms with van der Waals surface area (Å²) in [6, 6.07) is 8.90. The number of rotatable bonds is 5. The van der Waals surface area contributed by atoms with Crippen LogP contribution in [0.3, 0.4) is 0 Å². The van der Waals surface area contributed by atoms with Crippen LogP contribution in [0.2, 0.25) is 0 Å². The molecule has 3 rings (SSSR count). The number of aliphatic hydroxyl groups excluding tert-OH is 1. The number of aromatic nitrogens is 1. The van der Waals surface area contributed by atoms with Gasteiger partial charge in [0, 0.05) is 16.8 Å². The largest absolute Gasteiger partial charge is 0.493 e. The lowest BCUT2D eigenvalue weighted by Gasteiger charge is -2.14. The van der Waals surface area contributed by atoms with Crippen molar-refractivity contribution in [1.29, 1.82) is 0 Å². The number of thiazole rings is 1. The molecule has 0 saturated carbocycles. The smallest absolute Gasteiger partial charge is 0.256 e. The van der Waals surface area contributed by atoms with E-state index in [4.69, 9.17) is 9.47 Å². The molecule has 0 bridgehead atoms. The summed E-state index contributed by atoms with van der Waals surface area (Å²) in [4.78, 5) is 17.0. The average molecular weight is 358 g/mol. The van der Waals surface area contributed by atoms with E-state index in [1.165, 1.54) is 11.3 Å². The third-order valence-electron chi connectivity index (χ3n) is 3.86. The fraction of sp³-hybridized carbons (Fsp3) is 0.222. The molecule has 130 valence electrons. The van der Waals surface area contributed by atoms with Crippen LogP contribution < -0.4 is 14.8 Å². The van der Waals surface area contributed by atoms with Crippen molar-refractivity contribution in [2.45, 2.75) is 13.5 Å². The molecule has 0 spiro atoms. The van der Waals surface area contributed by atoms with E-state index in [1.807, 2.05) is 19.1 Å². The number of ether oxygens (including phenoxy) is 2. The van der Waals surface area contributed by atoms with Gasteiger partial charge in [-0.2, -0.15) is 0 Å². The van der Waals surface area contributed by atoms with Crippen LogP contribution in [0.15, 0.2) is 30.3 Å². The van der Waals surface area contributed by atoms with Crippen LogP contribution >= 0.6 is 11.3 Å². The Morgan fingerprint density at radius 2 is 2.04 bits per heavy atom. The van der Waals surface area contributed by atoms with E-state index in [1.54, 1.807) is 32.4 Å². The highest BCUT2D eigenvalue weighted by atomic mass is 32.1. The molecule has 0 atom stereocenters. The number of anilines is 1. The van der Waals surface area contributed by atoms with Gasteiger partial charge in [0.05, 0.1) is 31.0 Å². The summed E-state index contributed by atoms with van der Waals surface area (Å²) in [7, 11) is 3.10. The fourth-order valence-electron chi connectivity index (χ4n) is 2.65. The third-order valence-corrected chi connectivity index (χ3v) is 4.88. The van der Waals surface area contributed by atoms with Gasteiger partial charge < -0.3 is 19.9 Å². The van der Waals surface area contributed by atoms with Gasteiger partial charge in [-0.3, -0.25) is 4.79 Å². The van der Waals surface area contributed by atoms with E-state index in [2.05, 4.69) is 10.3 Å². The molecule has 0 saturated heterocycles. The first kappa shape index (κ1) is 17.2. The van der Waals surface area contributed by atoms with E-state index >= 15 is 0 Å². The SMILES string of the molecule is COc1ccc(C(=O)Nc2ccc3sc(CO)nc3c2)c(C)c1OC. The number of carbonyl (C=O) groups is 1. The molecular formula is C18H18N2O4S. The number of nitrogens with zero attached hydrogens (tertiary/aromatic N) is 1. The van der Waals surface area contributed by atoms with Crippen LogP contribution in [0.1, 0.15) is 20.9 Å². The Balaban J connectivity index is 1.89. The molecule has 0 unspecified atom stereocenters. The van der Waals surface area contributed by atoms with Gasteiger partial charge in [-0.15, -0.1) is 11.3 Å². The normalized spacial score (nSPS) is 10.7. The second-order valence-corrected chi connectivity index (χ2v) is 6.49. The maximum atomic E-state index is 12.6. The van der Waals surface area contributed by atoms with E-state index < -0.39 is 0 Å². The van der Waals surface area contributed by atoms with Crippen molar-refractivity contribution < 1.29 is 19.4 Å². The van der Waals surface area contributed by atoms with Crippen LogP contribution in [0, 0.1) is 6.92 Å². The molecule has 7 heteroatoms. The van der Waals surface area contributed by atoms with Gasteiger partial charge in [-0.1, -0.05) is 0 Å². The van der Waals surface area contributed by atoms with E-state index in [0.29, 0.717) is 33.3 Å². The number of carbonyl (C=O) groups excluding carboxylic acids is 1. The van der Waals surface area contributed by atoms with Crippen LogP contribution in [0.25, 0.3) is 10.2 Å². The summed E-state index contributed by atoms with van der Waals surface area (Å²) in [6.45, 7) is 1.72. The molecule has 3 aromatic rings. The minimum Gasteiger partial charge on any atom is -0.493 e. The van der Waals surface area contributed by atoms with E-state index in [9.17, 15) is 9.90 Å². The molecule has 0 fully saturated rings. The molecule has 0 radical (unpaired) electrons. The predicted octanol–water partition coefficient (Wildman–Crippen LogP) is 3.37. The van der Waals surface area contributed by atoms with Crippen molar-refractivity contribution in [3.8, 4) is 11.5 Å². The Morgan fingerprint density at radius 1 is 1.24 bits per heavy atom. The maximum absolute atomic E-state index is 12.6. The molecule has 2 aromatic carbocycles. The van der Waals surface area contributed by atoms with Crippen LogP contribution in [-0.2, 0) is 6.61 Å². The van der Waals surface area contributed by atoms with Crippen molar-refractivity contribution in [2.75, 3.05) is 19.5 Å². The van der Waals surface area contributed by atoms with Crippen LogP contribution in [0.5, 0.6) is 11.5 Å². The summed E-state index contributed by atoms with van der Waals surface area (Å²) >= 11 is 1.43. The van der Waals surface area contributed by atoms with E-state index in [-0.39, 0.29) is 12.5 Å². The lowest BCUT2D eigenvalue weighted by Crippen LogP contribution is -2.14. The molecule has 1 aromatic heterocycles. The lowest BCUT2D eigenvalue weighted by molar-refractivity contribution is 0.102. The number of benzene rings is 2. The van der Waals surface area contributed by atoms with Gasteiger partial charge in [-0.25, -0.2) is 4.98 Å². The second-order valence-electron chi connectivity index (χ2n) is 5.38. The van der Waals surface area contributed by atoms with Gasteiger partial charge in [0.2, 0.25) is 0 Å². The van der Waals surface area contributed by atoms with Crippen molar-refractivity contribution in [1.82, 2.24) is 4.98 Å². The maximum Gasteiger partial charge on any atom is 0.256 e. The Bertz CT molecular complexity index is 936. The number of hydrogen-bond acceptors (Lipinski definition) is 6. The Labute approximate surface area is 149 Å². The standard InChI is InChI=1S/C18H18N2O4S/c1-10-12(5-6-14(23-2)17(10)24-3)18(22)19-11-4-7-15-13(8-11)20-16(9-21)25-15/h4-8,21H,9H2,1-3H3,(H,19,22). The average Bonchev–Trinajstić information content (AvgIpc) is 3.03. The van der Waals surface area contributed by atoms with Gasteiger partial charge >= 0.3 is 0 Å². The van der Waals surface area contributed by atoms with Crippen molar-refractivity contribution >= 4 is 33.1 Å². The number of amides is 1. The molecule has 2 N–H and O–H groups in total.